The summed E-state index contributed by atoms with van der Waals surface area (Å²) in [5, 5.41) is 0. The molecule has 0 spiro atoms. The molecule has 9 heteroatoms. The summed E-state index contributed by atoms with van der Waals surface area (Å²) in [6.45, 7) is 3.23. The molecule has 1 aliphatic rings. The zero-order valence-corrected chi connectivity index (χ0v) is 16.1. The minimum atomic E-state index is -1.01. The Morgan fingerprint density at radius 2 is 1.75 bits per heavy atom. The standard InChI is InChI=1S/C19H23N3O6/c1-5-9-21-17(24)18(25)22(19(21)26)12-16(23)20(2)10-8-13-6-7-14(27-3)15(11-13)28-4/h5-7,11H,1,8-10,12H2,2-4H3. The Balaban J connectivity index is 1.96. The summed E-state index contributed by atoms with van der Waals surface area (Å²) in [6.07, 6.45) is 1.87. The minimum absolute atomic E-state index is 0.0801. The van der Waals surface area contributed by atoms with Gasteiger partial charge in [-0.2, -0.15) is 0 Å². The molecule has 28 heavy (non-hydrogen) atoms. The molecule has 1 aliphatic heterocycles. The van der Waals surface area contributed by atoms with Crippen molar-refractivity contribution in [1.29, 1.82) is 0 Å². The topological polar surface area (TPSA) is 96.5 Å². The number of carbonyl (C=O) groups is 4. The first-order valence-corrected chi connectivity index (χ1v) is 8.57. The fraction of sp³-hybridized carbons (Fsp3) is 0.368. The van der Waals surface area contributed by atoms with Crippen LogP contribution in [0.4, 0.5) is 4.79 Å². The minimum Gasteiger partial charge on any atom is -0.493 e. The SMILES string of the molecule is C=CCN1C(=O)C(=O)N(CC(=O)N(C)CCc2ccc(OC)c(OC)c2)C1=O. The number of imide groups is 2. The van der Waals surface area contributed by atoms with Crippen molar-refractivity contribution in [3.8, 4) is 11.5 Å². The molecule has 1 heterocycles. The molecular weight excluding hydrogens is 366 g/mol. The Morgan fingerprint density at radius 3 is 2.36 bits per heavy atom. The van der Waals surface area contributed by atoms with Gasteiger partial charge in [0.25, 0.3) is 0 Å². The molecule has 0 N–H and O–H groups in total. The highest BCUT2D eigenvalue weighted by atomic mass is 16.5. The third kappa shape index (κ3) is 4.30. The van der Waals surface area contributed by atoms with Gasteiger partial charge in [0.2, 0.25) is 5.91 Å². The Labute approximate surface area is 163 Å². The highest BCUT2D eigenvalue weighted by molar-refractivity contribution is 6.45. The molecule has 9 nitrogen and oxygen atoms in total. The second-order valence-electron chi connectivity index (χ2n) is 6.13. The van der Waals surface area contributed by atoms with E-state index in [0.717, 1.165) is 10.5 Å². The van der Waals surface area contributed by atoms with Crippen LogP contribution in [0.5, 0.6) is 11.5 Å². The number of carbonyl (C=O) groups excluding carboxylic acids is 4. The van der Waals surface area contributed by atoms with E-state index >= 15 is 0 Å². The molecule has 5 amide bonds. The number of ether oxygens (including phenoxy) is 2. The third-order valence-corrected chi connectivity index (χ3v) is 4.35. The first kappa shape index (κ1) is 20.9. The van der Waals surface area contributed by atoms with E-state index in [4.69, 9.17) is 9.47 Å². The number of methoxy groups -OCH3 is 2. The fourth-order valence-corrected chi connectivity index (χ4v) is 2.69. The van der Waals surface area contributed by atoms with Gasteiger partial charge < -0.3 is 14.4 Å². The maximum atomic E-state index is 12.4. The summed E-state index contributed by atoms with van der Waals surface area (Å²) in [6, 6.07) is 4.64. The Kier molecular flexibility index (Phi) is 6.75. The maximum absolute atomic E-state index is 12.4. The van der Waals surface area contributed by atoms with E-state index < -0.39 is 30.3 Å². The number of nitrogens with zero attached hydrogens (tertiary/aromatic N) is 3. The largest absolute Gasteiger partial charge is 0.493 e. The van der Waals surface area contributed by atoms with Gasteiger partial charge in [0.15, 0.2) is 11.5 Å². The Morgan fingerprint density at radius 1 is 1.11 bits per heavy atom. The number of benzene rings is 1. The Hall–Kier alpha value is -3.36. The summed E-state index contributed by atoms with van der Waals surface area (Å²) < 4.78 is 10.4. The highest BCUT2D eigenvalue weighted by Gasteiger charge is 2.44. The van der Waals surface area contributed by atoms with Crippen molar-refractivity contribution in [3.63, 3.8) is 0 Å². The van der Waals surface area contributed by atoms with Gasteiger partial charge in [-0.15, -0.1) is 6.58 Å². The van der Waals surface area contributed by atoms with Crippen molar-refractivity contribution >= 4 is 23.8 Å². The summed E-state index contributed by atoms with van der Waals surface area (Å²) in [5.74, 6) is -1.21. The normalized spacial score (nSPS) is 13.8. The molecule has 1 aromatic rings. The zero-order valence-electron chi connectivity index (χ0n) is 16.1. The van der Waals surface area contributed by atoms with Gasteiger partial charge in [-0.3, -0.25) is 19.3 Å². The van der Waals surface area contributed by atoms with Crippen molar-refractivity contribution in [2.24, 2.45) is 0 Å². The van der Waals surface area contributed by atoms with Gasteiger partial charge in [0.05, 0.1) is 14.2 Å². The molecule has 0 aromatic heterocycles. The summed E-state index contributed by atoms with van der Waals surface area (Å²) in [5.41, 5.74) is 0.929. The lowest BCUT2D eigenvalue weighted by molar-refractivity contribution is -0.144. The van der Waals surface area contributed by atoms with Crippen molar-refractivity contribution in [2.75, 3.05) is 40.9 Å². The number of hydrogen-bond donors (Lipinski definition) is 0. The average Bonchev–Trinajstić information content (AvgIpc) is 2.90. The van der Waals surface area contributed by atoms with E-state index in [1.807, 2.05) is 12.1 Å². The second-order valence-corrected chi connectivity index (χ2v) is 6.13. The van der Waals surface area contributed by atoms with Crippen molar-refractivity contribution in [1.82, 2.24) is 14.7 Å². The van der Waals surface area contributed by atoms with Crippen LogP contribution in [0.1, 0.15) is 5.56 Å². The van der Waals surface area contributed by atoms with E-state index in [1.165, 1.54) is 18.1 Å². The van der Waals surface area contributed by atoms with E-state index in [9.17, 15) is 19.2 Å². The molecule has 0 atom stereocenters. The third-order valence-electron chi connectivity index (χ3n) is 4.35. The van der Waals surface area contributed by atoms with Crippen LogP contribution in [-0.4, -0.2) is 79.4 Å². The predicted octanol–water partition coefficient (Wildman–Crippen LogP) is 0.682. The van der Waals surface area contributed by atoms with Crippen LogP contribution in [0.3, 0.4) is 0 Å². The van der Waals surface area contributed by atoms with Crippen LogP contribution in [0, 0.1) is 0 Å². The lowest BCUT2D eigenvalue weighted by Gasteiger charge is -2.20. The van der Waals surface area contributed by atoms with Gasteiger partial charge in [0, 0.05) is 20.1 Å². The van der Waals surface area contributed by atoms with Gasteiger partial charge >= 0.3 is 17.8 Å². The first-order chi connectivity index (χ1) is 13.3. The number of rotatable bonds is 9. The summed E-state index contributed by atoms with van der Waals surface area (Å²) in [4.78, 5) is 51.1. The second kappa shape index (κ2) is 9.03. The average molecular weight is 389 g/mol. The van der Waals surface area contributed by atoms with Crippen LogP contribution >= 0.6 is 0 Å². The molecule has 150 valence electrons. The lowest BCUT2D eigenvalue weighted by atomic mass is 10.1. The van der Waals surface area contributed by atoms with Crippen LogP contribution in [0.15, 0.2) is 30.9 Å². The molecule has 1 aromatic carbocycles. The van der Waals surface area contributed by atoms with Crippen molar-refractivity contribution in [3.05, 3.63) is 36.4 Å². The molecule has 0 aliphatic carbocycles. The molecule has 1 fully saturated rings. The van der Waals surface area contributed by atoms with Crippen LogP contribution in [0.25, 0.3) is 0 Å². The molecule has 0 unspecified atom stereocenters. The molecule has 0 bridgehead atoms. The van der Waals surface area contributed by atoms with E-state index in [1.54, 1.807) is 20.2 Å². The van der Waals surface area contributed by atoms with Gasteiger partial charge in [-0.05, 0) is 24.1 Å². The molecule has 1 saturated heterocycles. The fourth-order valence-electron chi connectivity index (χ4n) is 2.69. The number of hydrogen-bond acceptors (Lipinski definition) is 6. The number of urea groups is 1. The van der Waals surface area contributed by atoms with Crippen molar-refractivity contribution < 1.29 is 28.7 Å². The van der Waals surface area contributed by atoms with E-state index in [0.29, 0.717) is 29.4 Å². The van der Waals surface area contributed by atoms with Gasteiger partial charge in [-0.25, -0.2) is 9.69 Å². The first-order valence-electron chi connectivity index (χ1n) is 8.57. The van der Waals surface area contributed by atoms with Crippen molar-refractivity contribution in [2.45, 2.75) is 6.42 Å². The zero-order chi connectivity index (χ0) is 20.8. The van der Waals surface area contributed by atoms with Crippen LogP contribution in [-0.2, 0) is 20.8 Å². The lowest BCUT2D eigenvalue weighted by Crippen LogP contribution is -2.42. The van der Waals surface area contributed by atoms with Crippen LogP contribution < -0.4 is 9.47 Å². The molecular formula is C19H23N3O6. The Bertz CT molecular complexity index is 807. The van der Waals surface area contributed by atoms with Gasteiger partial charge in [0.1, 0.15) is 6.54 Å². The summed E-state index contributed by atoms with van der Waals surface area (Å²) >= 11 is 0. The molecule has 2 rings (SSSR count). The smallest absolute Gasteiger partial charge is 0.335 e. The maximum Gasteiger partial charge on any atom is 0.335 e. The number of likely N-dealkylation sites (N-methyl/N-ethyl adjacent to an activating group) is 1. The predicted molar refractivity (Wildman–Crippen MR) is 99.9 cm³/mol. The van der Waals surface area contributed by atoms with E-state index in [-0.39, 0.29) is 6.54 Å². The quantitative estimate of drug-likeness (QED) is 0.350. The molecule has 0 saturated carbocycles. The highest BCUT2D eigenvalue weighted by Crippen LogP contribution is 2.27. The van der Waals surface area contributed by atoms with Gasteiger partial charge in [-0.1, -0.05) is 12.1 Å². The summed E-state index contributed by atoms with van der Waals surface area (Å²) in [7, 11) is 4.65. The van der Waals surface area contributed by atoms with E-state index in [2.05, 4.69) is 6.58 Å². The number of amides is 5. The monoisotopic (exact) mass is 389 g/mol. The van der Waals surface area contributed by atoms with Crippen LogP contribution in [0.2, 0.25) is 0 Å². The molecule has 0 radical (unpaired) electrons.